The smallest absolute Gasteiger partial charge is 0.251 e. The lowest BCUT2D eigenvalue weighted by molar-refractivity contribution is -0.113. The minimum Gasteiger partial charge on any atom is -0.495 e. The van der Waals surface area contributed by atoms with Crippen molar-refractivity contribution in [2.45, 2.75) is 39.4 Å². The number of anilines is 1. The molecule has 0 atom stereocenters. The fraction of sp³-hybridized carbons (Fsp3) is 0.241. The van der Waals surface area contributed by atoms with Crippen molar-refractivity contribution in [2.24, 2.45) is 0 Å². The summed E-state index contributed by atoms with van der Waals surface area (Å²) in [5.41, 5.74) is 6.32. The lowest BCUT2D eigenvalue weighted by Gasteiger charge is -2.14. The number of hydrogen-bond acceptors (Lipinski definition) is 6. The molecular formula is C29H31N5O3S. The van der Waals surface area contributed by atoms with Crippen LogP contribution in [0.3, 0.4) is 0 Å². The van der Waals surface area contributed by atoms with E-state index in [4.69, 9.17) is 4.74 Å². The normalized spacial score (nSPS) is 10.8. The molecule has 1 heterocycles. The van der Waals surface area contributed by atoms with Crippen LogP contribution in [0.5, 0.6) is 5.75 Å². The number of hydrogen-bond donors (Lipinski definition) is 2. The van der Waals surface area contributed by atoms with Gasteiger partial charge in [-0.25, -0.2) is 0 Å². The molecule has 0 aliphatic carbocycles. The van der Waals surface area contributed by atoms with Gasteiger partial charge in [0.05, 0.1) is 25.1 Å². The molecule has 0 unspecified atom stereocenters. The Morgan fingerprint density at radius 3 is 2.45 bits per heavy atom. The van der Waals surface area contributed by atoms with Crippen LogP contribution in [0.25, 0.3) is 5.69 Å². The molecule has 4 aromatic rings. The van der Waals surface area contributed by atoms with Crippen molar-refractivity contribution in [2.75, 3.05) is 18.2 Å². The molecule has 3 aromatic carbocycles. The van der Waals surface area contributed by atoms with Gasteiger partial charge in [-0.3, -0.25) is 14.2 Å². The van der Waals surface area contributed by atoms with Crippen molar-refractivity contribution >= 4 is 29.3 Å². The van der Waals surface area contributed by atoms with Crippen molar-refractivity contribution in [3.8, 4) is 11.4 Å². The maximum Gasteiger partial charge on any atom is 0.251 e. The highest BCUT2D eigenvalue weighted by Gasteiger charge is 2.20. The van der Waals surface area contributed by atoms with E-state index in [0.717, 1.165) is 27.9 Å². The molecule has 0 aliphatic heterocycles. The van der Waals surface area contributed by atoms with E-state index in [9.17, 15) is 9.59 Å². The van der Waals surface area contributed by atoms with E-state index < -0.39 is 0 Å². The van der Waals surface area contributed by atoms with Crippen LogP contribution in [0, 0.1) is 27.7 Å². The van der Waals surface area contributed by atoms with Crippen molar-refractivity contribution < 1.29 is 14.3 Å². The van der Waals surface area contributed by atoms with Gasteiger partial charge in [-0.15, -0.1) is 10.2 Å². The predicted molar refractivity (Wildman–Crippen MR) is 150 cm³/mol. The zero-order valence-electron chi connectivity index (χ0n) is 22.2. The Balaban J connectivity index is 1.55. The Bertz CT molecular complexity index is 1480. The summed E-state index contributed by atoms with van der Waals surface area (Å²) in [6.07, 6.45) is 0. The summed E-state index contributed by atoms with van der Waals surface area (Å²) in [4.78, 5) is 25.6. The number of rotatable bonds is 9. The molecule has 0 fully saturated rings. The maximum atomic E-state index is 12.8. The Hall–Kier alpha value is -4.11. The van der Waals surface area contributed by atoms with E-state index >= 15 is 0 Å². The van der Waals surface area contributed by atoms with Gasteiger partial charge < -0.3 is 15.4 Å². The zero-order chi connectivity index (χ0) is 27.2. The highest BCUT2D eigenvalue weighted by atomic mass is 32.2. The summed E-state index contributed by atoms with van der Waals surface area (Å²) >= 11 is 1.26. The number of ether oxygens (including phenoxy) is 1. The molecule has 0 spiro atoms. The van der Waals surface area contributed by atoms with Gasteiger partial charge in [0, 0.05) is 11.3 Å². The predicted octanol–water partition coefficient (Wildman–Crippen LogP) is 5.17. The number of nitrogens with one attached hydrogen (secondary N) is 2. The summed E-state index contributed by atoms with van der Waals surface area (Å²) in [6, 6.07) is 19.0. The molecule has 0 aliphatic rings. The number of benzene rings is 3. The monoisotopic (exact) mass is 529 g/mol. The van der Waals surface area contributed by atoms with Gasteiger partial charge in [0.25, 0.3) is 5.91 Å². The van der Waals surface area contributed by atoms with Crippen LogP contribution in [0.4, 0.5) is 5.69 Å². The quantitative estimate of drug-likeness (QED) is 0.290. The van der Waals surface area contributed by atoms with E-state index in [1.807, 2.05) is 86.9 Å². The first-order chi connectivity index (χ1) is 18.3. The summed E-state index contributed by atoms with van der Waals surface area (Å²) in [6.45, 7) is 8.07. The third-order valence-electron chi connectivity index (χ3n) is 6.20. The SMILES string of the molecule is COc1ccccc1-n1c(CNC(=O)c2ccc(C)c(C)c2)nnc1SCC(=O)Nc1cc(C)ccc1C. The van der Waals surface area contributed by atoms with Crippen molar-refractivity contribution in [3.63, 3.8) is 0 Å². The molecule has 196 valence electrons. The van der Waals surface area contributed by atoms with Gasteiger partial charge in [-0.2, -0.15) is 0 Å². The number of nitrogens with zero attached hydrogens (tertiary/aromatic N) is 3. The van der Waals surface area contributed by atoms with Gasteiger partial charge in [-0.05, 0) is 80.3 Å². The average molecular weight is 530 g/mol. The number of methoxy groups -OCH3 is 1. The minimum atomic E-state index is -0.204. The summed E-state index contributed by atoms with van der Waals surface area (Å²) in [7, 11) is 1.59. The van der Waals surface area contributed by atoms with E-state index in [1.165, 1.54) is 11.8 Å². The van der Waals surface area contributed by atoms with E-state index in [0.29, 0.717) is 28.0 Å². The largest absolute Gasteiger partial charge is 0.495 e. The third-order valence-corrected chi connectivity index (χ3v) is 7.13. The Labute approximate surface area is 226 Å². The van der Waals surface area contributed by atoms with Crippen molar-refractivity contribution in [1.82, 2.24) is 20.1 Å². The highest BCUT2D eigenvalue weighted by Crippen LogP contribution is 2.29. The van der Waals surface area contributed by atoms with Crippen LogP contribution in [0.1, 0.15) is 38.4 Å². The number of aromatic nitrogens is 3. The molecule has 8 nitrogen and oxygen atoms in total. The van der Waals surface area contributed by atoms with E-state index in [1.54, 1.807) is 13.2 Å². The highest BCUT2D eigenvalue weighted by molar-refractivity contribution is 7.99. The van der Waals surface area contributed by atoms with Crippen LogP contribution < -0.4 is 15.4 Å². The topological polar surface area (TPSA) is 98.1 Å². The number of aryl methyl sites for hydroxylation is 4. The molecule has 38 heavy (non-hydrogen) atoms. The van der Waals surface area contributed by atoms with Gasteiger partial charge >= 0.3 is 0 Å². The van der Waals surface area contributed by atoms with Crippen LogP contribution in [-0.4, -0.2) is 39.4 Å². The maximum absolute atomic E-state index is 12.8. The lowest BCUT2D eigenvalue weighted by Crippen LogP contribution is -2.25. The van der Waals surface area contributed by atoms with Crippen LogP contribution in [0.15, 0.2) is 65.8 Å². The molecular weight excluding hydrogens is 498 g/mol. The molecule has 0 saturated carbocycles. The fourth-order valence-electron chi connectivity index (χ4n) is 3.90. The van der Waals surface area contributed by atoms with E-state index in [-0.39, 0.29) is 24.1 Å². The lowest BCUT2D eigenvalue weighted by atomic mass is 10.1. The molecule has 0 radical (unpaired) electrons. The van der Waals surface area contributed by atoms with Crippen LogP contribution >= 0.6 is 11.8 Å². The van der Waals surface area contributed by atoms with Crippen molar-refractivity contribution in [1.29, 1.82) is 0 Å². The summed E-state index contributed by atoms with van der Waals surface area (Å²) in [5, 5.41) is 15.1. The van der Waals surface area contributed by atoms with Gasteiger partial charge in [0.2, 0.25) is 5.91 Å². The van der Waals surface area contributed by atoms with Crippen molar-refractivity contribution in [3.05, 3.63) is 94.3 Å². The number of carbonyl (C=O) groups excluding carboxylic acids is 2. The average Bonchev–Trinajstić information content (AvgIpc) is 3.32. The standard InChI is InChI=1S/C29H31N5O3S/c1-18-10-11-20(3)23(14-18)31-27(35)17-38-29-33-32-26(34(29)24-8-6-7-9-25(24)37-5)16-30-28(36)22-13-12-19(2)21(4)15-22/h6-15H,16-17H2,1-5H3,(H,30,36)(H,31,35). The fourth-order valence-corrected chi connectivity index (χ4v) is 4.66. The Kier molecular flexibility index (Phi) is 8.48. The van der Waals surface area contributed by atoms with E-state index in [2.05, 4.69) is 20.8 Å². The molecule has 2 N–H and O–H groups in total. The van der Waals surface area contributed by atoms with Gasteiger partial charge in [0.15, 0.2) is 11.0 Å². The number of thioether (sulfide) groups is 1. The van der Waals surface area contributed by atoms with Gasteiger partial charge in [-0.1, -0.05) is 42.1 Å². The Morgan fingerprint density at radius 1 is 0.921 bits per heavy atom. The molecule has 0 bridgehead atoms. The summed E-state index contributed by atoms with van der Waals surface area (Å²) in [5.74, 6) is 0.919. The molecule has 1 aromatic heterocycles. The van der Waals surface area contributed by atoms with Crippen LogP contribution in [-0.2, 0) is 11.3 Å². The molecule has 2 amide bonds. The third kappa shape index (κ3) is 6.23. The first-order valence-corrected chi connectivity index (χ1v) is 13.2. The van der Waals surface area contributed by atoms with Gasteiger partial charge in [0.1, 0.15) is 5.75 Å². The molecule has 0 saturated heterocycles. The Morgan fingerprint density at radius 2 is 1.68 bits per heavy atom. The number of para-hydroxylation sites is 2. The number of carbonyl (C=O) groups is 2. The van der Waals surface area contributed by atoms with Crippen LogP contribution in [0.2, 0.25) is 0 Å². The zero-order valence-corrected chi connectivity index (χ0v) is 23.0. The second kappa shape index (κ2) is 12.0. The summed E-state index contributed by atoms with van der Waals surface area (Å²) < 4.78 is 7.39. The molecule has 9 heteroatoms. The number of amides is 2. The second-order valence-electron chi connectivity index (χ2n) is 9.04. The second-order valence-corrected chi connectivity index (χ2v) is 9.99. The minimum absolute atomic E-state index is 0.135. The first kappa shape index (κ1) is 26.9. The molecule has 4 rings (SSSR count). The first-order valence-electron chi connectivity index (χ1n) is 12.2.